The van der Waals surface area contributed by atoms with Crippen molar-refractivity contribution in [2.45, 2.75) is 13.5 Å². The molecule has 0 heterocycles. The molecule has 2 amide bonds. The SMILES string of the molecule is CNC(=O)COc1cc(C)ccc1CNC(=O)c1ccccc1. The Kier molecular flexibility index (Phi) is 5.74. The number of hydrogen-bond donors (Lipinski definition) is 2. The third-order valence-corrected chi connectivity index (χ3v) is 3.34. The number of amides is 2. The summed E-state index contributed by atoms with van der Waals surface area (Å²) in [6.45, 7) is 2.22. The average molecular weight is 312 g/mol. The van der Waals surface area contributed by atoms with Crippen molar-refractivity contribution >= 4 is 11.8 Å². The molecule has 5 nitrogen and oxygen atoms in total. The van der Waals surface area contributed by atoms with Gasteiger partial charge in [-0.15, -0.1) is 0 Å². The molecule has 2 aromatic carbocycles. The third-order valence-electron chi connectivity index (χ3n) is 3.34. The van der Waals surface area contributed by atoms with E-state index in [1.807, 2.05) is 43.3 Å². The molecule has 0 aromatic heterocycles. The van der Waals surface area contributed by atoms with Gasteiger partial charge < -0.3 is 15.4 Å². The highest BCUT2D eigenvalue weighted by Crippen LogP contribution is 2.20. The Labute approximate surface area is 135 Å². The lowest BCUT2D eigenvalue weighted by atomic mass is 10.1. The zero-order valence-electron chi connectivity index (χ0n) is 13.3. The van der Waals surface area contributed by atoms with Crippen LogP contribution in [0.5, 0.6) is 5.75 Å². The van der Waals surface area contributed by atoms with Crippen LogP contribution in [0.2, 0.25) is 0 Å². The Morgan fingerprint density at radius 1 is 1.09 bits per heavy atom. The van der Waals surface area contributed by atoms with Crippen molar-refractivity contribution in [3.05, 3.63) is 65.2 Å². The maximum atomic E-state index is 12.1. The summed E-state index contributed by atoms with van der Waals surface area (Å²) in [6.07, 6.45) is 0. The highest BCUT2D eigenvalue weighted by Gasteiger charge is 2.09. The minimum Gasteiger partial charge on any atom is -0.483 e. The first-order valence-electron chi connectivity index (χ1n) is 7.36. The average Bonchev–Trinajstić information content (AvgIpc) is 2.59. The Hall–Kier alpha value is -2.82. The van der Waals surface area contributed by atoms with E-state index in [4.69, 9.17) is 4.74 Å². The van der Waals surface area contributed by atoms with E-state index in [0.717, 1.165) is 11.1 Å². The molecule has 0 aliphatic carbocycles. The summed E-state index contributed by atoms with van der Waals surface area (Å²) < 4.78 is 5.55. The molecule has 0 atom stereocenters. The number of ether oxygens (including phenoxy) is 1. The largest absolute Gasteiger partial charge is 0.483 e. The van der Waals surface area contributed by atoms with Crippen LogP contribution in [-0.2, 0) is 11.3 Å². The molecule has 5 heteroatoms. The fourth-order valence-electron chi connectivity index (χ4n) is 2.02. The van der Waals surface area contributed by atoms with Gasteiger partial charge in [-0.25, -0.2) is 0 Å². The summed E-state index contributed by atoms with van der Waals surface area (Å²) in [6, 6.07) is 14.7. The zero-order chi connectivity index (χ0) is 16.7. The molecular weight excluding hydrogens is 292 g/mol. The van der Waals surface area contributed by atoms with E-state index in [-0.39, 0.29) is 18.4 Å². The Morgan fingerprint density at radius 2 is 1.83 bits per heavy atom. The fraction of sp³-hybridized carbons (Fsp3) is 0.222. The van der Waals surface area contributed by atoms with Crippen molar-refractivity contribution in [3.63, 3.8) is 0 Å². The van der Waals surface area contributed by atoms with Gasteiger partial charge in [0.15, 0.2) is 6.61 Å². The molecular formula is C18H20N2O3. The summed E-state index contributed by atoms with van der Waals surface area (Å²) >= 11 is 0. The summed E-state index contributed by atoms with van der Waals surface area (Å²) in [5.74, 6) is 0.246. The number of carbonyl (C=O) groups is 2. The quantitative estimate of drug-likeness (QED) is 0.858. The summed E-state index contributed by atoms with van der Waals surface area (Å²) in [7, 11) is 1.56. The minimum atomic E-state index is -0.203. The maximum Gasteiger partial charge on any atom is 0.257 e. The molecule has 0 fully saturated rings. The van der Waals surface area contributed by atoms with Gasteiger partial charge in [-0.2, -0.15) is 0 Å². The molecule has 0 radical (unpaired) electrons. The Balaban J connectivity index is 2.04. The van der Waals surface area contributed by atoms with E-state index >= 15 is 0 Å². The number of aryl methyl sites for hydroxylation is 1. The van der Waals surface area contributed by atoms with Crippen molar-refractivity contribution in [1.29, 1.82) is 0 Å². The first-order chi connectivity index (χ1) is 11.1. The molecule has 2 rings (SSSR count). The van der Waals surface area contributed by atoms with Gasteiger partial charge in [0, 0.05) is 24.7 Å². The van der Waals surface area contributed by atoms with Crippen LogP contribution in [0, 0.1) is 6.92 Å². The summed E-state index contributed by atoms with van der Waals surface area (Å²) in [5, 5.41) is 5.36. The second-order valence-electron chi connectivity index (χ2n) is 5.12. The van der Waals surface area contributed by atoms with Gasteiger partial charge in [-0.05, 0) is 30.7 Å². The van der Waals surface area contributed by atoms with Gasteiger partial charge in [-0.3, -0.25) is 9.59 Å². The maximum absolute atomic E-state index is 12.1. The summed E-state index contributed by atoms with van der Waals surface area (Å²) in [4.78, 5) is 23.4. The molecule has 0 bridgehead atoms. The lowest BCUT2D eigenvalue weighted by Gasteiger charge is -2.13. The standard InChI is InChI=1S/C18H20N2O3/c1-13-8-9-15(16(10-13)23-12-17(21)19-2)11-20-18(22)14-6-4-3-5-7-14/h3-10H,11-12H2,1-2H3,(H,19,21)(H,20,22). The predicted molar refractivity (Wildman–Crippen MR) is 88.4 cm³/mol. The lowest BCUT2D eigenvalue weighted by Crippen LogP contribution is -2.26. The molecule has 0 spiro atoms. The first kappa shape index (κ1) is 16.5. The summed E-state index contributed by atoms with van der Waals surface area (Å²) in [5.41, 5.74) is 2.45. The molecule has 0 unspecified atom stereocenters. The van der Waals surface area contributed by atoms with Crippen LogP contribution in [0.15, 0.2) is 48.5 Å². The van der Waals surface area contributed by atoms with Crippen molar-refractivity contribution in [3.8, 4) is 5.75 Å². The number of nitrogens with one attached hydrogen (secondary N) is 2. The minimum absolute atomic E-state index is 0.0560. The monoisotopic (exact) mass is 312 g/mol. The molecule has 23 heavy (non-hydrogen) atoms. The molecule has 120 valence electrons. The van der Waals surface area contributed by atoms with Gasteiger partial charge in [0.1, 0.15) is 5.75 Å². The molecule has 0 saturated carbocycles. The van der Waals surface area contributed by atoms with Crippen LogP contribution in [-0.4, -0.2) is 25.5 Å². The topological polar surface area (TPSA) is 67.4 Å². The molecule has 2 aromatic rings. The fourth-order valence-corrected chi connectivity index (χ4v) is 2.02. The van der Waals surface area contributed by atoms with E-state index < -0.39 is 0 Å². The van der Waals surface area contributed by atoms with Crippen molar-refractivity contribution < 1.29 is 14.3 Å². The van der Waals surface area contributed by atoms with Crippen LogP contribution >= 0.6 is 0 Å². The van der Waals surface area contributed by atoms with Crippen LogP contribution < -0.4 is 15.4 Å². The number of benzene rings is 2. The van der Waals surface area contributed by atoms with Gasteiger partial charge in [0.2, 0.25) is 0 Å². The second kappa shape index (κ2) is 7.98. The lowest BCUT2D eigenvalue weighted by molar-refractivity contribution is -0.122. The normalized spacial score (nSPS) is 10.0. The molecule has 0 aliphatic heterocycles. The Bertz CT molecular complexity index is 684. The molecule has 0 aliphatic rings. The smallest absolute Gasteiger partial charge is 0.257 e. The van der Waals surface area contributed by atoms with Crippen molar-refractivity contribution in [1.82, 2.24) is 10.6 Å². The number of carbonyl (C=O) groups excluding carboxylic acids is 2. The van der Waals surface area contributed by atoms with E-state index in [2.05, 4.69) is 10.6 Å². The van der Waals surface area contributed by atoms with Crippen LogP contribution in [0.4, 0.5) is 0 Å². The predicted octanol–water partition coefficient (Wildman–Crippen LogP) is 2.05. The zero-order valence-corrected chi connectivity index (χ0v) is 13.3. The third kappa shape index (κ3) is 4.85. The van der Waals surface area contributed by atoms with E-state index in [1.54, 1.807) is 19.2 Å². The van der Waals surface area contributed by atoms with Gasteiger partial charge >= 0.3 is 0 Å². The van der Waals surface area contributed by atoms with Gasteiger partial charge in [-0.1, -0.05) is 30.3 Å². The first-order valence-corrected chi connectivity index (χ1v) is 7.36. The van der Waals surface area contributed by atoms with Crippen molar-refractivity contribution in [2.24, 2.45) is 0 Å². The highest BCUT2D eigenvalue weighted by atomic mass is 16.5. The number of hydrogen-bond acceptors (Lipinski definition) is 3. The van der Waals surface area contributed by atoms with E-state index in [0.29, 0.717) is 17.9 Å². The second-order valence-corrected chi connectivity index (χ2v) is 5.12. The van der Waals surface area contributed by atoms with Crippen LogP contribution in [0.25, 0.3) is 0 Å². The number of rotatable bonds is 6. The van der Waals surface area contributed by atoms with Crippen LogP contribution in [0.1, 0.15) is 21.5 Å². The van der Waals surface area contributed by atoms with Gasteiger partial charge in [0.25, 0.3) is 11.8 Å². The molecule has 2 N–H and O–H groups in total. The van der Waals surface area contributed by atoms with E-state index in [9.17, 15) is 9.59 Å². The van der Waals surface area contributed by atoms with Crippen molar-refractivity contribution in [2.75, 3.05) is 13.7 Å². The molecule has 0 saturated heterocycles. The van der Waals surface area contributed by atoms with Crippen LogP contribution in [0.3, 0.4) is 0 Å². The number of likely N-dealkylation sites (N-methyl/N-ethyl adjacent to an activating group) is 1. The van der Waals surface area contributed by atoms with Gasteiger partial charge in [0.05, 0.1) is 0 Å². The Morgan fingerprint density at radius 3 is 2.52 bits per heavy atom. The highest BCUT2D eigenvalue weighted by molar-refractivity contribution is 5.94. The van der Waals surface area contributed by atoms with E-state index in [1.165, 1.54) is 0 Å².